The summed E-state index contributed by atoms with van der Waals surface area (Å²) in [7, 11) is 1.81. The van der Waals surface area contributed by atoms with Gasteiger partial charge in [0, 0.05) is 0 Å². The van der Waals surface area contributed by atoms with Gasteiger partial charge in [-0.1, -0.05) is 41.4 Å². The molecular formula is C19H18Cl2N3O3+. The Hall–Kier alpha value is -2.41. The van der Waals surface area contributed by atoms with Crippen LogP contribution in [0.25, 0.3) is 0 Å². The Morgan fingerprint density at radius 3 is 2.11 bits per heavy atom. The number of carbonyl (C=O) groups excluding carboxylic acids is 3. The van der Waals surface area contributed by atoms with Crippen LogP contribution in [0.1, 0.15) is 20.7 Å². The van der Waals surface area contributed by atoms with E-state index in [9.17, 15) is 14.4 Å². The van der Waals surface area contributed by atoms with E-state index in [4.69, 9.17) is 23.2 Å². The fraction of sp³-hybridized carbons (Fsp3) is 0.211. The second-order valence-corrected chi connectivity index (χ2v) is 7.15. The molecule has 0 spiro atoms. The molecule has 2 aromatic rings. The minimum Gasteiger partial charge on any atom is -0.328 e. The zero-order valence-electron chi connectivity index (χ0n) is 14.6. The molecule has 140 valence electrons. The zero-order valence-corrected chi connectivity index (χ0v) is 16.1. The molecule has 1 atom stereocenters. The van der Waals surface area contributed by atoms with Crippen LogP contribution in [0.3, 0.4) is 0 Å². The van der Waals surface area contributed by atoms with E-state index in [0.717, 1.165) is 4.90 Å². The first-order chi connectivity index (χ1) is 12.9. The summed E-state index contributed by atoms with van der Waals surface area (Å²) in [6.07, 6.45) is 0. The van der Waals surface area contributed by atoms with Crippen molar-refractivity contribution in [3.63, 3.8) is 0 Å². The van der Waals surface area contributed by atoms with E-state index in [1.807, 2.05) is 7.05 Å². The van der Waals surface area contributed by atoms with Gasteiger partial charge in [0.1, 0.15) is 0 Å². The standard InChI is InChI=1S/C19H17Cl2N3O3/c1-23(11-16(25)22-17-14(20)7-4-8-15(17)21)9-10-24-18(26)12-5-2-3-6-13(12)19(24)27/h2-8H,9-11H2,1H3,(H,22,25)/p+1. The molecular weight excluding hydrogens is 389 g/mol. The van der Waals surface area contributed by atoms with Crippen LogP contribution in [0.15, 0.2) is 42.5 Å². The van der Waals surface area contributed by atoms with Gasteiger partial charge in [0.15, 0.2) is 6.54 Å². The predicted molar refractivity (Wildman–Crippen MR) is 104 cm³/mol. The SMILES string of the molecule is C[NH+](CCN1C(=O)c2ccccc2C1=O)CC(=O)Nc1c(Cl)cccc1Cl. The van der Waals surface area contributed by atoms with Crippen molar-refractivity contribution in [1.29, 1.82) is 0 Å². The van der Waals surface area contributed by atoms with Crippen molar-refractivity contribution in [2.24, 2.45) is 0 Å². The summed E-state index contributed by atoms with van der Waals surface area (Å²) in [6, 6.07) is 11.7. The van der Waals surface area contributed by atoms with Gasteiger partial charge >= 0.3 is 0 Å². The third-order valence-corrected chi connectivity index (χ3v) is 4.96. The number of carbonyl (C=O) groups is 3. The number of para-hydroxylation sites is 1. The van der Waals surface area contributed by atoms with E-state index in [0.29, 0.717) is 33.4 Å². The lowest BCUT2D eigenvalue weighted by atomic mass is 10.1. The summed E-state index contributed by atoms with van der Waals surface area (Å²) in [5.74, 6) is -0.851. The molecule has 1 aliphatic rings. The van der Waals surface area contributed by atoms with E-state index in [1.165, 1.54) is 4.90 Å². The van der Waals surface area contributed by atoms with Crippen molar-refractivity contribution in [3.05, 3.63) is 63.6 Å². The Bertz CT molecular complexity index is 862. The lowest BCUT2D eigenvalue weighted by molar-refractivity contribution is -0.870. The van der Waals surface area contributed by atoms with Gasteiger partial charge in [-0.05, 0) is 24.3 Å². The highest BCUT2D eigenvalue weighted by Gasteiger charge is 2.35. The lowest BCUT2D eigenvalue weighted by Crippen LogP contribution is -3.10. The number of nitrogens with zero attached hydrogens (tertiary/aromatic N) is 1. The number of amides is 3. The molecule has 0 fully saturated rings. The van der Waals surface area contributed by atoms with Crippen molar-refractivity contribution in [3.8, 4) is 0 Å². The topological polar surface area (TPSA) is 70.9 Å². The molecule has 2 N–H and O–H groups in total. The second kappa shape index (κ2) is 8.08. The van der Waals surface area contributed by atoms with Gasteiger partial charge in [0.2, 0.25) is 0 Å². The molecule has 0 saturated heterocycles. The van der Waals surface area contributed by atoms with E-state index in [1.54, 1.807) is 42.5 Å². The molecule has 3 rings (SSSR count). The molecule has 6 nitrogen and oxygen atoms in total. The Labute approximate surface area is 166 Å². The fourth-order valence-electron chi connectivity index (χ4n) is 2.91. The van der Waals surface area contributed by atoms with Gasteiger partial charge in [-0.2, -0.15) is 0 Å². The maximum atomic E-state index is 12.3. The predicted octanol–water partition coefficient (Wildman–Crippen LogP) is 1.74. The normalized spacial score (nSPS) is 14.3. The number of imide groups is 1. The largest absolute Gasteiger partial charge is 0.328 e. The number of hydrogen-bond acceptors (Lipinski definition) is 3. The first kappa shape index (κ1) is 19.4. The van der Waals surface area contributed by atoms with Crippen molar-refractivity contribution in [2.75, 3.05) is 32.0 Å². The van der Waals surface area contributed by atoms with Crippen LogP contribution >= 0.6 is 23.2 Å². The van der Waals surface area contributed by atoms with Crippen LogP contribution in [-0.2, 0) is 4.79 Å². The zero-order chi connectivity index (χ0) is 19.6. The Morgan fingerprint density at radius 1 is 1.00 bits per heavy atom. The number of hydrogen-bond donors (Lipinski definition) is 2. The van der Waals surface area contributed by atoms with Crippen molar-refractivity contribution in [2.45, 2.75) is 0 Å². The molecule has 0 radical (unpaired) electrons. The summed E-state index contributed by atoms with van der Waals surface area (Å²) in [5, 5.41) is 3.42. The molecule has 1 aliphatic heterocycles. The van der Waals surface area contributed by atoms with Crippen LogP contribution in [0.4, 0.5) is 5.69 Å². The Balaban J connectivity index is 1.55. The number of anilines is 1. The maximum absolute atomic E-state index is 12.3. The quantitative estimate of drug-likeness (QED) is 0.717. The number of nitrogens with one attached hydrogen (secondary N) is 2. The molecule has 0 bridgehead atoms. The summed E-state index contributed by atoms with van der Waals surface area (Å²) in [4.78, 5) is 39.0. The second-order valence-electron chi connectivity index (χ2n) is 6.34. The highest BCUT2D eigenvalue weighted by atomic mass is 35.5. The summed E-state index contributed by atoms with van der Waals surface area (Å²) in [6.45, 7) is 0.818. The Kier molecular flexibility index (Phi) is 5.79. The number of benzene rings is 2. The van der Waals surface area contributed by atoms with E-state index in [2.05, 4.69) is 5.32 Å². The maximum Gasteiger partial charge on any atom is 0.279 e. The molecule has 1 heterocycles. The monoisotopic (exact) mass is 406 g/mol. The van der Waals surface area contributed by atoms with Crippen LogP contribution in [0.5, 0.6) is 0 Å². The van der Waals surface area contributed by atoms with E-state index in [-0.39, 0.29) is 30.8 Å². The number of likely N-dealkylation sites (N-methyl/N-ethyl adjacent to an activating group) is 1. The summed E-state index contributed by atoms with van der Waals surface area (Å²) in [5.41, 5.74) is 1.22. The number of rotatable bonds is 6. The molecule has 0 aliphatic carbocycles. The van der Waals surface area contributed by atoms with E-state index >= 15 is 0 Å². The van der Waals surface area contributed by atoms with Gasteiger partial charge in [-0.25, -0.2) is 0 Å². The molecule has 8 heteroatoms. The minimum atomic E-state index is -0.296. The van der Waals surface area contributed by atoms with Crippen molar-refractivity contribution in [1.82, 2.24) is 4.90 Å². The van der Waals surface area contributed by atoms with Crippen LogP contribution in [-0.4, -0.2) is 49.3 Å². The molecule has 0 saturated carbocycles. The van der Waals surface area contributed by atoms with E-state index < -0.39 is 0 Å². The van der Waals surface area contributed by atoms with Crippen molar-refractivity contribution >= 4 is 46.6 Å². The number of fused-ring (bicyclic) bond motifs is 1. The average molecular weight is 407 g/mol. The fourth-order valence-corrected chi connectivity index (χ4v) is 3.40. The van der Waals surface area contributed by atoms with Gasteiger partial charge in [0.25, 0.3) is 17.7 Å². The smallest absolute Gasteiger partial charge is 0.279 e. The molecule has 3 amide bonds. The van der Waals surface area contributed by atoms with Gasteiger partial charge < -0.3 is 10.2 Å². The van der Waals surface area contributed by atoms with Gasteiger partial charge in [-0.3, -0.25) is 19.3 Å². The number of halogens is 2. The van der Waals surface area contributed by atoms with Crippen LogP contribution in [0, 0.1) is 0 Å². The average Bonchev–Trinajstić information content (AvgIpc) is 2.88. The number of quaternary nitrogens is 1. The third-order valence-electron chi connectivity index (χ3n) is 4.33. The highest BCUT2D eigenvalue weighted by Crippen LogP contribution is 2.29. The lowest BCUT2D eigenvalue weighted by Gasteiger charge is -2.18. The summed E-state index contributed by atoms with van der Waals surface area (Å²) < 4.78 is 0. The first-order valence-electron chi connectivity index (χ1n) is 8.39. The minimum absolute atomic E-state index is 0.144. The van der Waals surface area contributed by atoms with Crippen LogP contribution in [0.2, 0.25) is 10.0 Å². The Morgan fingerprint density at radius 2 is 1.56 bits per heavy atom. The molecule has 0 aromatic heterocycles. The molecule has 1 unspecified atom stereocenters. The third kappa shape index (κ3) is 4.13. The highest BCUT2D eigenvalue weighted by molar-refractivity contribution is 6.39. The van der Waals surface area contributed by atoms with Crippen molar-refractivity contribution < 1.29 is 19.3 Å². The summed E-state index contributed by atoms with van der Waals surface area (Å²) >= 11 is 12.1. The molecule has 2 aromatic carbocycles. The first-order valence-corrected chi connectivity index (χ1v) is 9.14. The van der Waals surface area contributed by atoms with Gasteiger partial charge in [0.05, 0.1) is 47.0 Å². The van der Waals surface area contributed by atoms with Crippen LogP contribution < -0.4 is 10.2 Å². The molecule has 27 heavy (non-hydrogen) atoms. The van der Waals surface area contributed by atoms with Gasteiger partial charge in [-0.15, -0.1) is 0 Å².